The van der Waals surface area contributed by atoms with Gasteiger partial charge in [-0.15, -0.1) is 0 Å². The molecule has 15 heavy (non-hydrogen) atoms. The summed E-state index contributed by atoms with van der Waals surface area (Å²) in [6.45, 7) is 0.128. The fraction of sp³-hybridized carbons (Fsp3) is 0.273. The lowest BCUT2D eigenvalue weighted by molar-refractivity contribution is 0.298. The Kier molecular flexibility index (Phi) is 2.78. The third-order valence-corrected chi connectivity index (χ3v) is 2.21. The van der Waals surface area contributed by atoms with Crippen molar-refractivity contribution in [2.45, 2.75) is 6.42 Å². The fourth-order valence-electron chi connectivity index (χ4n) is 1.53. The number of hydrogen-bond donors (Lipinski definition) is 1. The second-order valence-electron chi connectivity index (χ2n) is 3.38. The molecule has 0 aliphatic heterocycles. The molecule has 0 amide bonds. The Labute approximate surface area is 88.2 Å². The zero-order chi connectivity index (χ0) is 10.7. The lowest BCUT2D eigenvalue weighted by Gasteiger charge is -1.99. The number of rotatable bonds is 3. The summed E-state index contributed by atoms with van der Waals surface area (Å²) in [7, 11) is 1.94. The van der Waals surface area contributed by atoms with Gasteiger partial charge < -0.3 is 9.67 Å². The number of imidazole rings is 1. The molecule has 0 aliphatic carbocycles. The van der Waals surface area contributed by atoms with Gasteiger partial charge in [0.05, 0.1) is 5.69 Å². The quantitative estimate of drug-likeness (QED) is 0.810. The van der Waals surface area contributed by atoms with Crippen molar-refractivity contribution in [3.63, 3.8) is 0 Å². The highest BCUT2D eigenvalue weighted by molar-refractivity contribution is 5.54. The van der Waals surface area contributed by atoms with Gasteiger partial charge >= 0.3 is 0 Å². The van der Waals surface area contributed by atoms with Gasteiger partial charge in [-0.2, -0.15) is 0 Å². The first kappa shape index (κ1) is 9.86. The van der Waals surface area contributed by atoms with Crippen LogP contribution in [0.15, 0.2) is 30.7 Å². The number of aliphatic hydroxyl groups excluding tert-OH is 1. The van der Waals surface area contributed by atoms with Crippen molar-refractivity contribution in [3.8, 4) is 11.4 Å². The van der Waals surface area contributed by atoms with Crippen LogP contribution in [0.25, 0.3) is 11.4 Å². The Morgan fingerprint density at radius 1 is 1.47 bits per heavy atom. The molecule has 0 unspecified atom stereocenters. The van der Waals surface area contributed by atoms with Crippen molar-refractivity contribution < 1.29 is 5.11 Å². The van der Waals surface area contributed by atoms with Gasteiger partial charge in [-0.25, -0.2) is 4.98 Å². The minimum atomic E-state index is 0.128. The summed E-state index contributed by atoms with van der Waals surface area (Å²) in [5.41, 5.74) is 1.89. The van der Waals surface area contributed by atoms with E-state index in [4.69, 9.17) is 5.11 Å². The van der Waals surface area contributed by atoms with Gasteiger partial charge in [0.2, 0.25) is 0 Å². The van der Waals surface area contributed by atoms with Crippen molar-refractivity contribution in [3.05, 3.63) is 36.4 Å². The Balaban J connectivity index is 2.36. The molecule has 1 N–H and O–H groups in total. The Morgan fingerprint density at radius 3 is 3.00 bits per heavy atom. The number of aryl methyl sites for hydroxylation is 1. The summed E-state index contributed by atoms with van der Waals surface area (Å²) in [6.07, 6.45) is 6.04. The first-order valence-corrected chi connectivity index (χ1v) is 4.85. The molecule has 0 aromatic carbocycles. The molecule has 4 nitrogen and oxygen atoms in total. The average Bonchev–Trinajstić information content (AvgIpc) is 2.61. The molecular formula is C11H13N3O. The van der Waals surface area contributed by atoms with E-state index in [9.17, 15) is 0 Å². The molecule has 0 atom stereocenters. The highest BCUT2D eigenvalue weighted by Gasteiger charge is 2.06. The van der Waals surface area contributed by atoms with E-state index in [0.717, 1.165) is 17.1 Å². The highest BCUT2D eigenvalue weighted by Crippen LogP contribution is 2.16. The van der Waals surface area contributed by atoms with Crippen LogP contribution in [0, 0.1) is 0 Å². The van der Waals surface area contributed by atoms with Crippen LogP contribution in [0.5, 0.6) is 0 Å². The molecule has 2 heterocycles. The van der Waals surface area contributed by atoms with Crippen molar-refractivity contribution in [2.75, 3.05) is 6.61 Å². The maximum atomic E-state index is 8.83. The first-order valence-electron chi connectivity index (χ1n) is 4.85. The molecule has 2 aromatic heterocycles. The van der Waals surface area contributed by atoms with E-state index < -0.39 is 0 Å². The van der Waals surface area contributed by atoms with E-state index >= 15 is 0 Å². The van der Waals surface area contributed by atoms with E-state index in [0.29, 0.717) is 6.42 Å². The predicted molar refractivity (Wildman–Crippen MR) is 57.2 cm³/mol. The maximum Gasteiger partial charge on any atom is 0.141 e. The molecule has 78 valence electrons. The van der Waals surface area contributed by atoms with E-state index in [1.807, 2.05) is 29.9 Å². The predicted octanol–water partition coefficient (Wildman–Crippen LogP) is 1.02. The summed E-state index contributed by atoms with van der Waals surface area (Å²) >= 11 is 0. The lowest BCUT2D eigenvalue weighted by Crippen LogP contribution is -1.91. The van der Waals surface area contributed by atoms with Crippen LogP contribution in [0.1, 0.15) is 5.69 Å². The minimum absolute atomic E-state index is 0.128. The molecule has 2 rings (SSSR count). The summed E-state index contributed by atoms with van der Waals surface area (Å²) in [5.74, 6) is 0.881. The van der Waals surface area contributed by atoms with Crippen molar-refractivity contribution in [2.24, 2.45) is 7.05 Å². The van der Waals surface area contributed by atoms with Crippen LogP contribution in [0.2, 0.25) is 0 Å². The molecular weight excluding hydrogens is 190 g/mol. The smallest absolute Gasteiger partial charge is 0.141 e. The maximum absolute atomic E-state index is 8.83. The topological polar surface area (TPSA) is 50.9 Å². The largest absolute Gasteiger partial charge is 0.396 e. The molecule has 0 saturated carbocycles. The molecule has 0 aliphatic rings. The fourth-order valence-corrected chi connectivity index (χ4v) is 1.53. The Bertz CT molecular complexity index is 436. The van der Waals surface area contributed by atoms with Crippen LogP contribution in [0.4, 0.5) is 0 Å². The SMILES string of the molecule is Cn1cc(CCO)nc1-c1cccnc1. The van der Waals surface area contributed by atoms with Gasteiger partial charge in [-0.05, 0) is 12.1 Å². The third-order valence-electron chi connectivity index (χ3n) is 2.21. The number of aromatic nitrogens is 3. The van der Waals surface area contributed by atoms with Crippen molar-refractivity contribution >= 4 is 0 Å². The molecule has 2 aromatic rings. The number of hydrogen-bond acceptors (Lipinski definition) is 3. The van der Waals surface area contributed by atoms with E-state index in [1.54, 1.807) is 12.4 Å². The number of pyridine rings is 1. The Hall–Kier alpha value is -1.68. The molecule has 0 radical (unpaired) electrons. The normalized spacial score (nSPS) is 10.5. The minimum Gasteiger partial charge on any atom is -0.396 e. The monoisotopic (exact) mass is 203 g/mol. The van der Waals surface area contributed by atoms with Crippen LogP contribution < -0.4 is 0 Å². The number of nitrogens with zero attached hydrogens (tertiary/aromatic N) is 3. The van der Waals surface area contributed by atoms with E-state index in [1.165, 1.54) is 0 Å². The summed E-state index contributed by atoms with van der Waals surface area (Å²) < 4.78 is 1.95. The second kappa shape index (κ2) is 4.23. The second-order valence-corrected chi connectivity index (χ2v) is 3.38. The summed E-state index contributed by atoms with van der Waals surface area (Å²) in [4.78, 5) is 8.49. The first-order chi connectivity index (χ1) is 7.31. The Morgan fingerprint density at radius 2 is 2.33 bits per heavy atom. The van der Waals surface area contributed by atoms with Gasteiger partial charge in [0.1, 0.15) is 5.82 Å². The summed E-state index contributed by atoms with van der Waals surface area (Å²) in [6, 6.07) is 3.85. The highest BCUT2D eigenvalue weighted by atomic mass is 16.3. The van der Waals surface area contributed by atoms with Gasteiger partial charge in [0.15, 0.2) is 0 Å². The van der Waals surface area contributed by atoms with Crippen molar-refractivity contribution in [1.82, 2.24) is 14.5 Å². The van der Waals surface area contributed by atoms with Crippen molar-refractivity contribution in [1.29, 1.82) is 0 Å². The molecule has 0 spiro atoms. The van der Waals surface area contributed by atoms with Crippen LogP contribution in [-0.2, 0) is 13.5 Å². The lowest BCUT2D eigenvalue weighted by atomic mass is 10.3. The standard InChI is InChI=1S/C11H13N3O/c1-14-8-10(4-6-15)13-11(14)9-3-2-5-12-7-9/h2-3,5,7-8,15H,4,6H2,1H3. The zero-order valence-electron chi connectivity index (χ0n) is 8.59. The molecule has 0 saturated heterocycles. The van der Waals surface area contributed by atoms with Gasteiger partial charge in [0.25, 0.3) is 0 Å². The summed E-state index contributed by atoms with van der Waals surface area (Å²) in [5, 5.41) is 8.83. The molecule has 0 bridgehead atoms. The molecule has 4 heteroatoms. The van der Waals surface area contributed by atoms with E-state index in [-0.39, 0.29) is 6.61 Å². The van der Waals surface area contributed by atoms with Crippen LogP contribution in [0.3, 0.4) is 0 Å². The van der Waals surface area contributed by atoms with E-state index in [2.05, 4.69) is 9.97 Å². The van der Waals surface area contributed by atoms with Gasteiger partial charge in [0, 0.05) is 44.2 Å². The third kappa shape index (κ3) is 2.05. The zero-order valence-corrected chi connectivity index (χ0v) is 8.59. The average molecular weight is 203 g/mol. The van der Waals surface area contributed by atoms with Gasteiger partial charge in [-0.1, -0.05) is 0 Å². The number of aliphatic hydroxyl groups is 1. The van der Waals surface area contributed by atoms with Gasteiger partial charge in [-0.3, -0.25) is 4.98 Å². The van der Waals surface area contributed by atoms with Crippen LogP contribution >= 0.6 is 0 Å². The molecule has 0 fully saturated rings. The van der Waals surface area contributed by atoms with Crippen LogP contribution in [-0.4, -0.2) is 26.2 Å².